The van der Waals surface area contributed by atoms with Crippen LogP contribution in [0.25, 0.3) is 0 Å². The van der Waals surface area contributed by atoms with Gasteiger partial charge in [0.05, 0.1) is 17.5 Å². The Morgan fingerprint density at radius 2 is 1.77 bits per heavy atom. The molecule has 0 saturated carbocycles. The van der Waals surface area contributed by atoms with E-state index in [4.69, 9.17) is 9.47 Å². The largest absolute Gasteiger partial charge is 0.494 e. The smallest absolute Gasteiger partial charge is 0.417 e. The molecule has 0 radical (unpaired) electrons. The minimum absolute atomic E-state index is 0.409. The lowest BCUT2D eigenvalue weighted by atomic mass is 10.3. The molecule has 1 N–H and O–H groups in total. The highest BCUT2D eigenvalue weighted by Gasteiger charge is 2.05. The average Bonchev–Trinajstić information content (AvgIpc) is 2.52. The Hall–Kier alpha value is -2.69. The Labute approximate surface area is 133 Å². The topological polar surface area (TPSA) is 59.9 Å². The Morgan fingerprint density at radius 1 is 1.14 bits per heavy atom. The van der Waals surface area contributed by atoms with Crippen LogP contribution in [0.3, 0.4) is 0 Å². The number of rotatable bonds is 5. The number of nitrogens with zero attached hydrogens (tertiary/aromatic N) is 1. The zero-order valence-electron chi connectivity index (χ0n) is 11.9. The van der Waals surface area contributed by atoms with Crippen LogP contribution in [-0.4, -0.2) is 17.9 Å². The molecule has 0 unspecified atom stereocenters. The van der Waals surface area contributed by atoms with Crippen LogP contribution >= 0.6 is 12.2 Å². The molecule has 6 heteroatoms. The van der Waals surface area contributed by atoms with Crippen molar-refractivity contribution < 1.29 is 14.3 Å². The summed E-state index contributed by atoms with van der Waals surface area (Å²) < 4.78 is 10.5. The number of amides is 1. The molecule has 1 amide bonds. The third-order valence-corrected chi connectivity index (χ3v) is 2.73. The quantitative estimate of drug-likeness (QED) is 0.655. The molecule has 0 aliphatic heterocycles. The van der Waals surface area contributed by atoms with Gasteiger partial charge in [-0.3, -0.25) is 5.32 Å². The Kier molecular flexibility index (Phi) is 5.65. The molecule has 0 heterocycles. The zero-order valence-corrected chi connectivity index (χ0v) is 12.7. The summed E-state index contributed by atoms with van der Waals surface area (Å²) in [6, 6.07) is 13.6. The van der Waals surface area contributed by atoms with Gasteiger partial charge >= 0.3 is 6.09 Å². The van der Waals surface area contributed by atoms with Gasteiger partial charge in [0.2, 0.25) is 0 Å². The van der Waals surface area contributed by atoms with Crippen LogP contribution < -0.4 is 14.8 Å². The SMILES string of the molecule is CCOc1ccc(NC(=O)Oc2ccc(N=C=S)cc2)cc1. The van der Waals surface area contributed by atoms with Crippen LogP contribution in [0.4, 0.5) is 16.2 Å². The highest BCUT2D eigenvalue weighted by Crippen LogP contribution is 2.19. The van der Waals surface area contributed by atoms with E-state index in [1.165, 1.54) is 0 Å². The van der Waals surface area contributed by atoms with E-state index in [9.17, 15) is 4.79 Å². The first-order valence-corrected chi connectivity index (χ1v) is 7.01. The van der Waals surface area contributed by atoms with E-state index in [1.807, 2.05) is 6.92 Å². The van der Waals surface area contributed by atoms with Gasteiger partial charge in [0.1, 0.15) is 11.5 Å². The minimum atomic E-state index is -0.574. The van der Waals surface area contributed by atoms with Crippen molar-refractivity contribution >= 4 is 34.8 Å². The van der Waals surface area contributed by atoms with E-state index in [2.05, 4.69) is 27.7 Å². The summed E-state index contributed by atoms with van der Waals surface area (Å²) >= 11 is 4.51. The number of hydrogen-bond acceptors (Lipinski definition) is 5. The van der Waals surface area contributed by atoms with Crippen molar-refractivity contribution in [2.45, 2.75) is 6.92 Å². The van der Waals surface area contributed by atoms with Crippen molar-refractivity contribution in [2.24, 2.45) is 4.99 Å². The van der Waals surface area contributed by atoms with Crippen molar-refractivity contribution in [2.75, 3.05) is 11.9 Å². The van der Waals surface area contributed by atoms with Crippen molar-refractivity contribution in [3.05, 3.63) is 48.5 Å². The molecule has 2 rings (SSSR count). The lowest BCUT2D eigenvalue weighted by Gasteiger charge is -2.08. The molecular formula is C16H14N2O3S. The predicted octanol–water partition coefficient (Wildman–Crippen LogP) is 4.43. The second kappa shape index (κ2) is 7.93. The summed E-state index contributed by atoms with van der Waals surface area (Å²) in [7, 11) is 0. The average molecular weight is 314 g/mol. The van der Waals surface area contributed by atoms with Crippen LogP contribution in [0.15, 0.2) is 53.5 Å². The van der Waals surface area contributed by atoms with Crippen molar-refractivity contribution in [3.8, 4) is 11.5 Å². The fourth-order valence-corrected chi connectivity index (χ4v) is 1.80. The second-order valence-corrected chi connectivity index (χ2v) is 4.35. The number of benzene rings is 2. The number of ether oxygens (including phenoxy) is 2. The fourth-order valence-electron chi connectivity index (χ4n) is 1.69. The number of anilines is 1. The lowest BCUT2D eigenvalue weighted by Crippen LogP contribution is -2.16. The first-order chi connectivity index (χ1) is 10.7. The maximum Gasteiger partial charge on any atom is 0.417 e. The first-order valence-electron chi connectivity index (χ1n) is 6.61. The molecule has 0 saturated heterocycles. The standard InChI is InChI=1S/C16H14N2O3S/c1-2-20-14-7-5-13(6-8-14)18-16(19)21-15-9-3-12(4-10-15)17-11-22/h3-10H,2H2,1H3,(H,18,19). The van der Waals surface area contributed by atoms with E-state index in [1.54, 1.807) is 48.5 Å². The molecular weight excluding hydrogens is 300 g/mol. The van der Waals surface area contributed by atoms with Crippen LogP contribution in [0.1, 0.15) is 6.92 Å². The second-order valence-electron chi connectivity index (χ2n) is 4.17. The van der Waals surface area contributed by atoms with Crippen LogP contribution in [0.2, 0.25) is 0 Å². The molecule has 0 aliphatic rings. The van der Waals surface area contributed by atoms with Gasteiger partial charge in [-0.2, -0.15) is 4.99 Å². The maximum absolute atomic E-state index is 11.8. The minimum Gasteiger partial charge on any atom is -0.494 e. The van der Waals surface area contributed by atoms with E-state index < -0.39 is 6.09 Å². The third-order valence-electron chi connectivity index (χ3n) is 2.63. The lowest BCUT2D eigenvalue weighted by molar-refractivity contribution is 0.215. The summed E-state index contributed by atoms with van der Waals surface area (Å²) in [5.41, 5.74) is 1.27. The summed E-state index contributed by atoms with van der Waals surface area (Å²) in [6.45, 7) is 2.50. The number of thiocarbonyl (C=S) groups is 1. The number of carbonyl (C=O) groups excluding carboxylic acids is 1. The van der Waals surface area contributed by atoms with Gasteiger partial charge in [-0.25, -0.2) is 4.79 Å². The highest BCUT2D eigenvalue weighted by molar-refractivity contribution is 7.78. The molecule has 0 aliphatic carbocycles. The number of aliphatic imine (C=N–C) groups is 1. The summed E-state index contributed by atoms with van der Waals surface area (Å²) in [6.07, 6.45) is -0.574. The van der Waals surface area contributed by atoms with Gasteiger partial charge < -0.3 is 9.47 Å². The van der Waals surface area contributed by atoms with E-state index in [0.717, 1.165) is 5.75 Å². The molecule has 0 aromatic heterocycles. The predicted molar refractivity (Wildman–Crippen MR) is 88.4 cm³/mol. The van der Waals surface area contributed by atoms with E-state index in [-0.39, 0.29) is 0 Å². The molecule has 2 aromatic carbocycles. The van der Waals surface area contributed by atoms with Crippen molar-refractivity contribution in [1.82, 2.24) is 0 Å². The summed E-state index contributed by atoms with van der Waals surface area (Å²) in [5, 5.41) is 4.90. The van der Waals surface area contributed by atoms with Gasteiger partial charge in [0, 0.05) is 5.69 Å². The molecule has 112 valence electrons. The number of nitrogens with one attached hydrogen (secondary N) is 1. The third kappa shape index (κ3) is 4.70. The normalized spacial score (nSPS) is 9.50. The van der Waals surface area contributed by atoms with Crippen LogP contribution in [0, 0.1) is 0 Å². The van der Waals surface area contributed by atoms with Gasteiger partial charge in [-0.15, -0.1) is 0 Å². The molecule has 0 fully saturated rings. The van der Waals surface area contributed by atoms with Gasteiger partial charge in [-0.05, 0) is 67.7 Å². The molecule has 22 heavy (non-hydrogen) atoms. The molecule has 5 nitrogen and oxygen atoms in total. The van der Waals surface area contributed by atoms with Gasteiger partial charge in [0.25, 0.3) is 0 Å². The summed E-state index contributed by atoms with van der Waals surface area (Å²) in [5.74, 6) is 1.16. The van der Waals surface area contributed by atoms with Crippen molar-refractivity contribution in [3.63, 3.8) is 0 Å². The van der Waals surface area contributed by atoms with Crippen molar-refractivity contribution in [1.29, 1.82) is 0 Å². The molecule has 0 spiro atoms. The number of carbonyl (C=O) groups is 1. The first kappa shape index (κ1) is 15.7. The highest BCUT2D eigenvalue weighted by atomic mass is 32.1. The Morgan fingerprint density at radius 3 is 2.36 bits per heavy atom. The number of hydrogen-bond donors (Lipinski definition) is 1. The monoisotopic (exact) mass is 314 g/mol. The molecule has 2 aromatic rings. The fraction of sp³-hybridized carbons (Fsp3) is 0.125. The van der Waals surface area contributed by atoms with E-state index in [0.29, 0.717) is 23.7 Å². The zero-order chi connectivity index (χ0) is 15.8. The summed E-state index contributed by atoms with van der Waals surface area (Å²) in [4.78, 5) is 15.6. The van der Waals surface area contributed by atoms with Crippen LogP contribution in [0.5, 0.6) is 11.5 Å². The molecule has 0 bridgehead atoms. The maximum atomic E-state index is 11.8. The Balaban J connectivity index is 1.93. The van der Waals surface area contributed by atoms with Gasteiger partial charge in [0.15, 0.2) is 0 Å². The number of isothiocyanates is 1. The van der Waals surface area contributed by atoms with Gasteiger partial charge in [-0.1, -0.05) is 0 Å². The van der Waals surface area contributed by atoms with E-state index >= 15 is 0 Å². The van der Waals surface area contributed by atoms with Crippen LogP contribution in [-0.2, 0) is 0 Å². The molecule has 0 atom stereocenters. The Bertz CT molecular complexity index is 678.